The van der Waals surface area contributed by atoms with Crippen LogP contribution in [0.3, 0.4) is 0 Å². The van der Waals surface area contributed by atoms with Gasteiger partial charge in [0.05, 0.1) is 18.5 Å². The van der Waals surface area contributed by atoms with Crippen LogP contribution in [0, 0.1) is 17.5 Å². The van der Waals surface area contributed by atoms with Gasteiger partial charge in [-0.3, -0.25) is 14.6 Å². The Hall–Kier alpha value is -3.41. The molecule has 0 aliphatic heterocycles. The van der Waals surface area contributed by atoms with E-state index in [1.165, 1.54) is 18.4 Å². The number of furan rings is 1. The van der Waals surface area contributed by atoms with Gasteiger partial charge in [-0.05, 0) is 54.2 Å². The van der Waals surface area contributed by atoms with Crippen LogP contribution in [0.2, 0.25) is 0 Å². The van der Waals surface area contributed by atoms with Gasteiger partial charge in [0.2, 0.25) is 0 Å². The number of hydrogen-bond donors (Lipinski definition) is 0. The van der Waals surface area contributed by atoms with Crippen molar-refractivity contribution in [1.29, 1.82) is 0 Å². The van der Waals surface area contributed by atoms with Crippen LogP contribution in [0.1, 0.15) is 16.1 Å². The molecule has 0 radical (unpaired) electrons. The fourth-order valence-electron chi connectivity index (χ4n) is 2.86. The molecule has 0 N–H and O–H groups in total. The zero-order valence-corrected chi connectivity index (χ0v) is 17.5. The van der Waals surface area contributed by atoms with Gasteiger partial charge in [0, 0.05) is 11.9 Å². The summed E-state index contributed by atoms with van der Waals surface area (Å²) in [5, 5.41) is 0. The van der Waals surface area contributed by atoms with Gasteiger partial charge >= 0.3 is 11.5 Å². The van der Waals surface area contributed by atoms with Crippen LogP contribution in [-0.4, -0.2) is 29.4 Å². The lowest BCUT2D eigenvalue weighted by molar-refractivity contribution is -0.0328. The summed E-state index contributed by atoms with van der Waals surface area (Å²) >= 11 is -0.546. The summed E-state index contributed by atoms with van der Waals surface area (Å²) in [6, 6.07) is 6.76. The first-order chi connectivity index (χ1) is 15.5. The topological polar surface area (TPSA) is 53.8 Å². The van der Waals surface area contributed by atoms with Crippen molar-refractivity contribution < 1.29 is 40.3 Å². The highest BCUT2D eigenvalue weighted by atomic mass is 32.2. The highest BCUT2D eigenvalue weighted by Gasteiger charge is 2.33. The largest absolute Gasteiger partial charge is 0.467 e. The summed E-state index contributed by atoms with van der Waals surface area (Å²) in [7, 11) is 1.05. The Kier molecular flexibility index (Phi) is 7.06. The van der Waals surface area contributed by atoms with Crippen LogP contribution in [0.5, 0.6) is 0 Å². The van der Waals surface area contributed by atoms with Gasteiger partial charge < -0.3 is 4.42 Å². The minimum Gasteiger partial charge on any atom is -0.467 e. The molecule has 12 heteroatoms. The van der Waals surface area contributed by atoms with Crippen LogP contribution < -0.4 is 4.90 Å². The van der Waals surface area contributed by atoms with E-state index in [0.717, 1.165) is 37.4 Å². The maximum absolute atomic E-state index is 14.5. The first-order valence-electron chi connectivity index (χ1n) is 9.09. The molecule has 5 nitrogen and oxygen atoms in total. The van der Waals surface area contributed by atoms with Crippen LogP contribution >= 0.6 is 11.8 Å². The Balaban J connectivity index is 1.95. The zero-order valence-electron chi connectivity index (χ0n) is 16.7. The lowest BCUT2D eigenvalue weighted by Crippen LogP contribution is -2.45. The number of alkyl halides is 3. The van der Waals surface area contributed by atoms with E-state index in [2.05, 4.69) is 0 Å². The van der Waals surface area contributed by atoms with Crippen LogP contribution in [0.4, 0.5) is 36.8 Å². The molecule has 0 aliphatic carbocycles. The van der Waals surface area contributed by atoms with Crippen LogP contribution in [-0.2, 0) is 6.54 Å². The summed E-state index contributed by atoms with van der Waals surface area (Å²) in [4.78, 5) is 26.6. The standard InChI is InChI=1S/C21H14F6N2O3S/c1-28(17-8-7-13(10-16(17)24)33-21(25,26)27)20(31)29(11-12-4-3-9-32-12)19(30)18-14(22)5-2-6-15(18)23/h2-10H,11H2,1H3. The molecule has 33 heavy (non-hydrogen) atoms. The normalized spacial score (nSPS) is 11.4. The zero-order chi connectivity index (χ0) is 24.3. The number of halogens is 6. The minimum absolute atomic E-state index is 0.0826. The second-order valence-electron chi connectivity index (χ2n) is 6.57. The molecule has 0 unspecified atom stereocenters. The number of carbonyl (C=O) groups excluding carboxylic acids is 2. The molecule has 3 amide bonds. The summed E-state index contributed by atoms with van der Waals surface area (Å²) in [5.74, 6) is -4.90. The summed E-state index contributed by atoms with van der Waals surface area (Å²) < 4.78 is 85.5. The fourth-order valence-corrected chi connectivity index (χ4v) is 3.43. The number of benzene rings is 2. The molecule has 0 fully saturated rings. The number of amides is 3. The second-order valence-corrected chi connectivity index (χ2v) is 7.71. The van der Waals surface area contributed by atoms with Crippen molar-refractivity contribution in [1.82, 2.24) is 4.90 Å². The Bertz CT molecular complexity index is 1150. The van der Waals surface area contributed by atoms with Gasteiger partial charge in [-0.25, -0.2) is 18.0 Å². The molecule has 0 saturated heterocycles. The van der Waals surface area contributed by atoms with E-state index in [9.17, 15) is 35.9 Å². The highest BCUT2D eigenvalue weighted by Crippen LogP contribution is 2.38. The van der Waals surface area contributed by atoms with E-state index in [4.69, 9.17) is 4.42 Å². The number of thioether (sulfide) groups is 1. The quantitative estimate of drug-likeness (QED) is 0.317. The van der Waals surface area contributed by atoms with Crippen LogP contribution in [0.15, 0.2) is 64.1 Å². The van der Waals surface area contributed by atoms with Crippen molar-refractivity contribution in [2.24, 2.45) is 0 Å². The van der Waals surface area contributed by atoms with Gasteiger partial charge in [0.25, 0.3) is 5.91 Å². The average Bonchev–Trinajstić information content (AvgIpc) is 3.23. The average molecular weight is 488 g/mol. The molecule has 3 aromatic rings. The third kappa shape index (κ3) is 5.69. The lowest BCUT2D eigenvalue weighted by atomic mass is 10.1. The van der Waals surface area contributed by atoms with E-state index in [1.807, 2.05) is 0 Å². The number of imide groups is 1. The molecule has 0 atom stereocenters. The third-order valence-corrected chi connectivity index (χ3v) is 5.07. The summed E-state index contributed by atoms with van der Waals surface area (Å²) in [5.41, 5.74) is -6.12. The van der Waals surface area contributed by atoms with Crippen LogP contribution in [0.25, 0.3) is 0 Å². The molecule has 174 valence electrons. The summed E-state index contributed by atoms with van der Waals surface area (Å²) in [6.07, 6.45) is 1.24. The van der Waals surface area contributed by atoms with E-state index in [0.29, 0.717) is 15.9 Å². The molecule has 0 bridgehead atoms. The Morgan fingerprint density at radius 3 is 2.18 bits per heavy atom. The first kappa shape index (κ1) is 24.2. The third-order valence-electron chi connectivity index (χ3n) is 4.35. The monoisotopic (exact) mass is 488 g/mol. The van der Waals surface area contributed by atoms with Crippen molar-refractivity contribution in [2.45, 2.75) is 16.9 Å². The number of nitrogens with zero attached hydrogens (tertiary/aromatic N) is 2. The number of rotatable bonds is 5. The number of anilines is 1. The van der Waals surface area contributed by atoms with Gasteiger partial charge in [-0.1, -0.05) is 6.07 Å². The maximum Gasteiger partial charge on any atom is 0.446 e. The SMILES string of the molecule is CN(C(=O)N(Cc1ccco1)C(=O)c1c(F)cccc1F)c1ccc(SC(F)(F)F)cc1F. The number of urea groups is 1. The van der Waals surface area contributed by atoms with E-state index in [-0.39, 0.29) is 5.76 Å². The Morgan fingerprint density at radius 1 is 0.970 bits per heavy atom. The number of carbonyl (C=O) groups is 2. The minimum atomic E-state index is -4.65. The predicted octanol–water partition coefficient (Wildman–Crippen LogP) is 6.21. The molecular formula is C21H14F6N2O3S. The van der Waals surface area contributed by atoms with Gasteiger partial charge in [0.1, 0.15) is 28.8 Å². The Morgan fingerprint density at radius 2 is 1.64 bits per heavy atom. The van der Waals surface area contributed by atoms with Gasteiger partial charge in [-0.15, -0.1) is 0 Å². The second kappa shape index (κ2) is 9.61. The molecular weight excluding hydrogens is 474 g/mol. The molecule has 0 saturated carbocycles. The number of hydrogen-bond acceptors (Lipinski definition) is 4. The van der Waals surface area contributed by atoms with Crippen molar-refractivity contribution in [3.05, 3.63) is 83.6 Å². The molecule has 1 aromatic heterocycles. The van der Waals surface area contributed by atoms with Crippen molar-refractivity contribution in [2.75, 3.05) is 11.9 Å². The van der Waals surface area contributed by atoms with Gasteiger partial charge in [-0.2, -0.15) is 13.2 Å². The maximum atomic E-state index is 14.5. The lowest BCUT2D eigenvalue weighted by Gasteiger charge is -2.27. The predicted molar refractivity (Wildman–Crippen MR) is 107 cm³/mol. The van der Waals surface area contributed by atoms with E-state index >= 15 is 0 Å². The summed E-state index contributed by atoms with van der Waals surface area (Å²) in [6.45, 7) is -0.549. The highest BCUT2D eigenvalue weighted by molar-refractivity contribution is 8.00. The fraction of sp³-hybridized carbons (Fsp3) is 0.143. The first-order valence-corrected chi connectivity index (χ1v) is 9.91. The van der Waals surface area contributed by atoms with Crippen molar-refractivity contribution in [3.8, 4) is 0 Å². The Labute approximate surface area is 187 Å². The van der Waals surface area contributed by atoms with Crippen molar-refractivity contribution in [3.63, 3.8) is 0 Å². The molecule has 3 rings (SSSR count). The smallest absolute Gasteiger partial charge is 0.446 e. The molecule has 1 heterocycles. The van der Waals surface area contributed by atoms with E-state index in [1.54, 1.807) is 0 Å². The van der Waals surface area contributed by atoms with Gasteiger partial charge in [0.15, 0.2) is 0 Å². The molecule has 0 aliphatic rings. The molecule has 0 spiro atoms. The van der Waals surface area contributed by atoms with Crippen molar-refractivity contribution >= 4 is 29.4 Å². The molecule has 2 aromatic carbocycles. The van der Waals surface area contributed by atoms with E-state index < -0.39 is 69.4 Å².